The molecular formula is C10H19NO5. The summed E-state index contributed by atoms with van der Waals surface area (Å²) in [7, 11) is 0. The van der Waals surface area contributed by atoms with Crippen LogP contribution in [0.15, 0.2) is 0 Å². The minimum Gasteiger partial charge on any atom is -0.480 e. The van der Waals surface area contributed by atoms with Gasteiger partial charge in [-0.2, -0.15) is 0 Å². The van der Waals surface area contributed by atoms with Crippen molar-refractivity contribution < 1.29 is 24.2 Å². The fourth-order valence-electron chi connectivity index (χ4n) is 0.896. The van der Waals surface area contributed by atoms with Crippen LogP contribution >= 0.6 is 0 Å². The molecule has 0 radical (unpaired) electrons. The molecule has 16 heavy (non-hydrogen) atoms. The van der Waals surface area contributed by atoms with E-state index in [-0.39, 0.29) is 0 Å². The minimum atomic E-state index is -1.07. The zero-order chi connectivity index (χ0) is 12.6. The first-order valence-electron chi connectivity index (χ1n) is 5.21. The van der Waals surface area contributed by atoms with Crippen molar-refractivity contribution in [2.24, 2.45) is 0 Å². The van der Waals surface area contributed by atoms with Crippen LogP contribution in [-0.2, 0) is 19.1 Å². The summed E-state index contributed by atoms with van der Waals surface area (Å²) in [4.78, 5) is 21.9. The second-order valence-electron chi connectivity index (χ2n) is 3.28. The van der Waals surface area contributed by atoms with Gasteiger partial charge < -0.3 is 19.9 Å². The molecule has 0 bridgehead atoms. The van der Waals surface area contributed by atoms with Crippen LogP contribution < -0.4 is 5.32 Å². The molecule has 0 saturated carbocycles. The number of hydrogen-bond donors (Lipinski definition) is 2. The fraction of sp³-hybridized carbons (Fsp3) is 0.800. The van der Waals surface area contributed by atoms with Crippen LogP contribution in [-0.4, -0.2) is 48.9 Å². The predicted octanol–water partition coefficient (Wildman–Crippen LogP) is 0.0173. The molecule has 0 aromatic heterocycles. The van der Waals surface area contributed by atoms with Gasteiger partial charge in [0.05, 0.1) is 13.2 Å². The van der Waals surface area contributed by atoms with E-state index >= 15 is 0 Å². The Bertz CT molecular complexity index is 231. The lowest BCUT2D eigenvalue weighted by atomic mass is 10.3. The maximum absolute atomic E-state index is 11.4. The Balaban J connectivity index is 3.77. The summed E-state index contributed by atoms with van der Waals surface area (Å²) in [5.41, 5.74) is 0. The van der Waals surface area contributed by atoms with Crippen molar-refractivity contribution in [2.75, 3.05) is 19.8 Å². The number of carbonyl (C=O) groups is 2. The second kappa shape index (κ2) is 8.06. The monoisotopic (exact) mass is 233 g/mol. The van der Waals surface area contributed by atoms with E-state index in [1.807, 2.05) is 6.92 Å². The lowest BCUT2D eigenvalue weighted by molar-refractivity contribution is -0.143. The van der Waals surface area contributed by atoms with Gasteiger partial charge in [0, 0.05) is 6.61 Å². The first-order chi connectivity index (χ1) is 7.49. The first-order valence-corrected chi connectivity index (χ1v) is 5.21. The van der Waals surface area contributed by atoms with Crippen molar-refractivity contribution in [3.8, 4) is 0 Å². The van der Waals surface area contributed by atoms with Crippen LogP contribution in [0.5, 0.6) is 0 Å². The molecule has 6 nitrogen and oxygen atoms in total. The molecule has 0 aromatic rings. The standard InChI is InChI=1S/C10H19NO5/c1-4-15-5-6-16-8(3)9(12)11-7(2)10(13)14/h7-8H,4-6H2,1-3H3,(H,11,12)(H,13,14)/t7-,8?/m1/s1. The van der Waals surface area contributed by atoms with Gasteiger partial charge in [-0.05, 0) is 20.8 Å². The Morgan fingerprint density at radius 2 is 1.94 bits per heavy atom. The van der Waals surface area contributed by atoms with Crippen molar-refractivity contribution in [1.82, 2.24) is 5.32 Å². The number of carboxylic acids is 1. The zero-order valence-corrected chi connectivity index (χ0v) is 9.86. The van der Waals surface area contributed by atoms with Gasteiger partial charge in [-0.15, -0.1) is 0 Å². The van der Waals surface area contributed by atoms with E-state index in [2.05, 4.69) is 5.32 Å². The van der Waals surface area contributed by atoms with Crippen LogP contribution in [0.4, 0.5) is 0 Å². The van der Waals surface area contributed by atoms with Crippen molar-refractivity contribution in [3.63, 3.8) is 0 Å². The number of hydrogen-bond acceptors (Lipinski definition) is 4. The van der Waals surface area contributed by atoms with Crippen molar-refractivity contribution >= 4 is 11.9 Å². The van der Waals surface area contributed by atoms with Gasteiger partial charge in [-0.3, -0.25) is 9.59 Å². The first kappa shape index (κ1) is 14.9. The molecule has 94 valence electrons. The molecule has 6 heteroatoms. The third-order valence-electron chi connectivity index (χ3n) is 1.90. The van der Waals surface area contributed by atoms with E-state index in [1.54, 1.807) is 6.92 Å². The number of carboxylic acid groups (broad SMARTS) is 1. The van der Waals surface area contributed by atoms with E-state index < -0.39 is 24.0 Å². The maximum atomic E-state index is 11.4. The van der Waals surface area contributed by atoms with Gasteiger partial charge in [-0.25, -0.2) is 0 Å². The molecule has 0 spiro atoms. The van der Waals surface area contributed by atoms with Gasteiger partial charge in [-0.1, -0.05) is 0 Å². The predicted molar refractivity (Wildman–Crippen MR) is 57.1 cm³/mol. The Labute approximate surface area is 94.9 Å². The SMILES string of the molecule is CCOCCOC(C)C(=O)N[C@H](C)C(=O)O. The summed E-state index contributed by atoms with van der Waals surface area (Å²) in [6.45, 7) is 6.15. The third kappa shape index (κ3) is 6.36. The topological polar surface area (TPSA) is 84.9 Å². The van der Waals surface area contributed by atoms with E-state index in [9.17, 15) is 9.59 Å². The molecule has 1 amide bonds. The highest BCUT2D eigenvalue weighted by molar-refractivity contribution is 5.85. The van der Waals surface area contributed by atoms with E-state index in [0.717, 1.165) is 0 Å². The lowest BCUT2D eigenvalue weighted by Crippen LogP contribution is -2.43. The van der Waals surface area contributed by atoms with Crippen molar-refractivity contribution in [1.29, 1.82) is 0 Å². The molecule has 0 saturated heterocycles. The van der Waals surface area contributed by atoms with E-state index in [4.69, 9.17) is 14.6 Å². The molecule has 0 aliphatic rings. The third-order valence-corrected chi connectivity index (χ3v) is 1.90. The summed E-state index contributed by atoms with van der Waals surface area (Å²) in [6, 6.07) is -0.912. The van der Waals surface area contributed by atoms with Crippen LogP contribution in [0.25, 0.3) is 0 Å². The van der Waals surface area contributed by atoms with Gasteiger partial charge in [0.1, 0.15) is 12.1 Å². The van der Waals surface area contributed by atoms with Crippen LogP contribution in [0.3, 0.4) is 0 Å². The highest BCUT2D eigenvalue weighted by Gasteiger charge is 2.18. The number of nitrogens with one attached hydrogen (secondary N) is 1. The molecular weight excluding hydrogens is 214 g/mol. The fourth-order valence-corrected chi connectivity index (χ4v) is 0.896. The van der Waals surface area contributed by atoms with Crippen molar-refractivity contribution in [2.45, 2.75) is 32.9 Å². The zero-order valence-electron chi connectivity index (χ0n) is 9.86. The summed E-state index contributed by atoms with van der Waals surface area (Å²) < 4.78 is 10.2. The summed E-state index contributed by atoms with van der Waals surface area (Å²) in [5, 5.41) is 10.9. The Kier molecular flexibility index (Phi) is 7.49. The largest absolute Gasteiger partial charge is 0.480 e. The smallest absolute Gasteiger partial charge is 0.325 e. The van der Waals surface area contributed by atoms with Gasteiger partial charge in [0.2, 0.25) is 5.91 Å². The van der Waals surface area contributed by atoms with Gasteiger partial charge in [0.25, 0.3) is 0 Å². The van der Waals surface area contributed by atoms with Crippen LogP contribution in [0.2, 0.25) is 0 Å². The van der Waals surface area contributed by atoms with Crippen LogP contribution in [0, 0.1) is 0 Å². The second-order valence-corrected chi connectivity index (χ2v) is 3.28. The summed E-state index contributed by atoms with van der Waals surface area (Å²) in [5.74, 6) is -1.51. The van der Waals surface area contributed by atoms with E-state index in [0.29, 0.717) is 19.8 Å². The lowest BCUT2D eigenvalue weighted by Gasteiger charge is -2.15. The normalized spacial score (nSPS) is 14.2. The summed E-state index contributed by atoms with van der Waals surface area (Å²) in [6.07, 6.45) is -0.678. The average molecular weight is 233 g/mol. The molecule has 1 unspecified atom stereocenters. The molecule has 0 aliphatic carbocycles. The molecule has 2 atom stereocenters. The molecule has 0 rings (SSSR count). The number of carbonyl (C=O) groups excluding carboxylic acids is 1. The quantitative estimate of drug-likeness (QED) is 0.577. The molecule has 0 fully saturated rings. The Morgan fingerprint density at radius 1 is 1.31 bits per heavy atom. The highest BCUT2D eigenvalue weighted by Crippen LogP contribution is 1.93. The van der Waals surface area contributed by atoms with Gasteiger partial charge >= 0.3 is 5.97 Å². The van der Waals surface area contributed by atoms with Crippen LogP contribution in [0.1, 0.15) is 20.8 Å². The summed E-state index contributed by atoms with van der Waals surface area (Å²) >= 11 is 0. The Morgan fingerprint density at radius 3 is 2.44 bits per heavy atom. The minimum absolute atomic E-state index is 0.309. The number of rotatable bonds is 8. The number of ether oxygens (including phenoxy) is 2. The maximum Gasteiger partial charge on any atom is 0.325 e. The van der Waals surface area contributed by atoms with E-state index in [1.165, 1.54) is 6.92 Å². The molecule has 0 heterocycles. The number of amides is 1. The molecule has 0 aliphatic heterocycles. The average Bonchev–Trinajstić information content (AvgIpc) is 2.23. The molecule has 2 N–H and O–H groups in total. The molecule has 0 aromatic carbocycles. The highest BCUT2D eigenvalue weighted by atomic mass is 16.5. The van der Waals surface area contributed by atoms with Gasteiger partial charge in [0.15, 0.2) is 0 Å². The Hall–Kier alpha value is -1.14. The number of aliphatic carboxylic acids is 1. The van der Waals surface area contributed by atoms with Crippen molar-refractivity contribution in [3.05, 3.63) is 0 Å².